The number of hydrogen-bond donors (Lipinski definition) is 1. The van der Waals surface area contributed by atoms with Gasteiger partial charge in [0.05, 0.1) is 0 Å². The van der Waals surface area contributed by atoms with Crippen LogP contribution in [0.3, 0.4) is 0 Å². The van der Waals surface area contributed by atoms with Crippen molar-refractivity contribution in [3.05, 3.63) is 46.5 Å². The second kappa shape index (κ2) is 4.99. The van der Waals surface area contributed by atoms with E-state index in [4.69, 9.17) is 11.6 Å². The molecule has 3 aromatic rings. The zero-order chi connectivity index (χ0) is 16.1. The molecule has 2 aromatic carbocycles. The topological polar surface area (TPSA) is 50.9 Å². The highest BCUT2D eigenvalue weighted by molar-refractivity contribution is 6.31. The van der Waals surface area contributed by atoms with Gasteiger partial charge in [-0.15, -0.1) is 15.0 Å². The molecule has 114 valence electrons. The molecule has 0 saturated heterocycles. The largest absolute Gasteiger partial charge is 0.505 e. The zero-order valence-electron chi connectivity index (χ0n) is 13.1. The number of phenolic OH excluding ortho intramolecular Hbond substituents is 1. The predicted octanol–water partition coefficient (Wildman–Crippen LogP) is 4.39. The Morgan fingerprint density at radius 1 is 1.05 bits per heavy atom. The first kappa shape index (κ1) is 14.9. The van der Waals surface area contributed by atoms with Gasteiger partial charge in [-0.25, -0.2) is 0 Å². The standard InChI is InChI=1S/C17H18ClN3O/c1-10-5-8-14(16(22)15(10)17(2,3)4)21-19-12-7-6-11(18)9-13(12)20-21/h5-9,22H,1-4H3. The van der Waals surface area contributed by atoms with Crippen LogP contribution in [0.5, 0.6) is 5.75 Å². The molecule has 1 aromatic heterocycles. The summed E-state index contributed by atoms with van der Waals surface area (Å²) < 4.78 is 0. The second-order valence-electron chi connectivity index (χ2n) is 6.50. The molecule has 0 bridgehead atoms. The number of aromatic hydroxyl groups is 1. The molecule has 0 fully saturated rings. The molecule has 0 aliphatic rings. The molecule has 0 atom stereocenters. The first-order chi connectivity index (χ1) is 10.3. The highest BCUT2D eigenvalue weighted by atomic mass is 35.5. The van der Waals surface area contributed by atoms with E-state index < -0.39 is 0 Å². The lowest BCUT2D eigenvalue weighted by atomic mass is 9.83. The third-order valence-electron chi connectivity index (χ3n) is 3.67. The van der Waals surface area contributed by atoms with Gasteiger partial charge in [0.15, 0.2) is 0 Å². The van der Waals surface area contributed by atoms with Gasteiger partial charge in [0, 0.05) is 10.6 Å². The molecule has 3 rings (SSSR count). The van der Waals surface area contributed by atoms with Gasteiger partial charge in [0.2, 0.25) is 0 Å². The molecule has 0 saturated carbocycles. The number of halogens is 1. The average Bonchev–Trinajstić information content (AvgIpc) is 2.79. The molecule has 1 N–H and O–H groups in total. The van der Waals surface area contributed by atoms with Crippen LogP contribution in [0.15, 0.2) is 30.3 Å². The Bertz CT molecular complexity index is 862. The van der Waals surface area contributed by atoms with Crippen molar-refractivity contribution in [2.24, 2.45) is 0 Å². The van der Waals surface area contributed by atoms with Crippen LogP contribution < -0.4 is 0 Å². The smallest absolute Gasteiger partial charge is 0.147 e. The highest BCUT2D eigenvalue weighted by Gasteiger charge is 2.23. The fourth-order valence-electron chi connectivity index (χ4n) is 2.78. The van der Waals surface area contributed by atoms with E-state index in [0.29, 0.717) is 16.2 Å². The van der Waals surface area contributed by atoms with E-state index in [9.17, 15) is 5.11 Å². The van der Waals surface area contributed by atoms with E-state index in [2.05, 4.69) is 31.0 Å². The van der Waals surface area contributed by atoms with Crippen LogP contribution in [-0.4, -0.2) is 20.1 Å². The summed E-state index contributed by atoms with van der Waals surface area (Å²) in [6.45, 7) is 8.22. The molecule has 0 aliphatic carbocycles. The molecule has 0 spiro atoms. The van der Waals surface area contributed by atoms with Crippen molar-refractivity contribution < 1.29 is 5.11 Å². The Hall–Kier alpha value is -2.07. The van der Waals surface area contributed by atoms with Crippen molar-refractivity contribution in [1.29, 1.82) is 0 Å². The van der Waals surface area contributed by atoms with Gasteiger partial charge in [0.1, 0.15) is 22.5 Å². The van der Waals surface area contributed by atoms with Crippen LogP contribution in [0.4, 0.5) is 0 Å². The molecule has 0 aliphatic heterocycles. The van der Waals surface area contributed by atoms with Gasteiger partial charge in [-0.1, -0.05) is 38.4 Å². The van der Waals surface area contributed by atoms with Crippen molar-refractivity contribution in [3.63, 3.8) is 0 Å². The summed E-state index contributed by atoms with van der Waals surface area (Å²) in [7, 11) is 0. The number of hydrogen-bond acceptors (Lipinski definition) is 3. The summed E-state index contributed by atoms with van der Waals surface area (Å²) in [4.78, 5) is 1.46. The molecular weight excluding hydrogens is 298 g/mol. The van der Waals surface area contributed by atoms with Crippen LogP contribution in [-0.2, 0) is 5.41 Å². The molecule has 1 heterocycles. The first-order valence-corrected chi connectivity index (χ1v) is 7.51. The summed E-state index contributed by atoms with van der Waals surface area (Å²) in [5, 5.41) is 20.2. The Morgan fingerprint density at radius 2 is 1.73 bits per heavy atom. The minimum absolute atomic E-state index is 0.167. The normalized spacial score (nSPS) is 12.0. The quantitative estimate of drug-likeness (QED) is 0.724. The molecule has 0 amide bonds. The Kier molecular flexibility index (Phi) is 3.37. The third-order valence-corrected chi connectivity index (χ3v) is 3.91. The van der Waals surface area contributed by atoms with E-state index in [0.717, 1.165) is 16.6 Å². The van der Waals surface area contributed by atoms with Crippen LogP contribution >= 0.6 is 11.6 Å². The lowest BCUT2D eigenvalue weighted by Gasteiger charge is -2.24. The maximum atomic E-state index is 10.7. The van der Waals surface area contributed by atoms with Gasteiger partial charge in [-0.05, 0) is 42.2 Å². The minimum atomic E-state index is -0.167. The lowest BCUT2D eigenvalue weighted by molar-refractivity contribution is 0.439. The van der Waals surface area contributed by atoms with Gasteiger partial charge >= 0.3 is 0 Å². The van der Waals surface area contributed by atoms with Crippen molar-refractivity contribution in [3.8, 4) is 11.4 Å². The molecule has 4 nitrogen and oxygen atoms in total. The second-order valence-corrected chi connectivity index (χ2v) is 6.93. The number of aromatic nitrogens is 3. The summed E-state index contributed by atoms with van der Waals surface area (Å²) in [6, 6.07) is 9.17. The van der Waals surface area contributed by atoms with E-state index in [-0.39, 0.29) is 11.2 Å². The SMILES string of the molecule is Cc1ccc(-n2nc3ccc(Cl)cc3n2)c(O)c1C(C)(C)C. The van der Waals surface area contributed by atoms with Gasteiger partial charge in [-0.3, -0.25) is 0 Å². The van der Waals surface area contributed by atoms with Crippen LogP contribution in [0.25, 0.3) is 16.7 Å². The average molecular weight is 316 g/mol. The van der Waals surface area contributed by atoms with Gasteiger partial charge < -0.3 is 5.11 Å². The zero-order valence-corrected chi connectivity index (χ0v) is 13.8. The van der Waals surface area contributed by atoms with Crippen LogP contribution in [0.1, 0.15) is 31.9 Å². The van der Waals surface area contributed by atoms with Crippen molar-refractivity contribution in [2.45, 2.75) is 33.1 Å². The number of rotatable bonds is 1. The summed E-state index contributed by atoms with van der Waals surface area (Å²) in [6.07, 6.45) is 0. The maximum absolute atomic E-state index is 10.7. The summed E-state index contributed by atoms with van der Waals surface area (Å²) >= 11 is 5.98. The van der Waals surface area contributed by atoms with Crippen molar-refractivity contribution in [1.82, 2.24) is 15.0 Å². The van der Waals surface area contributed by atoms with Crippen LogP contribution in [0, 0.1) is 6.92 Å². The number of phenols is 1. The fraction of sp³-hybridized carbons (Fsp3) is 0.294. The summed E-state index contributed by atoms with van der Waals surface area (Å²) in [5.41, 5.74) is 3.80. The Balaban J connectivity index is 2.22. The molecular formula is C17H18ClN3O. The lowest BCUT2D eigenvalue weighted by Crippen LogP contribution is -2.15. The monoisotopic (exact) mass is 315 g/mol. The van der Waals surface area contributed by atoms with Gasteiger partial charge in [-0.2, -0.15) is 0 Å². The Labute approximate surface area is 134 Å². The molecule has 5 heteroatoms. The van der Waals surface area contributed by atoms with Crippen molar-refractivity contribution >= 4 is 22.6 Å². The van der Waals surface area contributed by atoms with Gasteiger partial charge in [0.25, 0.3) is 0 Å². The molecule has 0 radical (unpaired) electrons. The third kappa shape index (κ3) is 2.44. The van der Waals surface area contributed by atoms with E-state index >= 15 is 0 Å². The van der Waals surface area contributed by atoms with E-state index in [1.54, 1.807) is 12.1 Å². The number of benzene rings is 2. The number of aryl methyl sites for hydroxylation is 1. The Morgan fingerprint density at radius 3 is 2.41 bits per heavy atom. The van der Waals surface area contributed by atoms with E-state index in [1.165, 1.54) is 4.80 Å². The van der Waals surface area contributed by atoms with Crippen molar-refractivity contribution in [2.75, 3.05) is 0 Å². The molecule has 0 unspecified atom stereocenters. The predicted molar refractivity (Wildman–Crippen MR) is 89.0 cm³/mol. The fourth-order valence-corrected chi connectivity index (χ4v) is 2.95. The minimum Gasteiger partial charge on any atom is -0.505 e. The highest BCUT2D eigenvalue weighted by Crippen LogP contribution is 2.37. The summed E-state index contributed by atoms with van der Waals surface area (Å²) in [5.74, 6) is 0.221. The van der Waals surface area contributed by atoms with E-state index in [1.807, 2.05) is 25.1 Å². The first-order valence-electron chi connectivity index (χ1n) is 7.13. The number of nitrogens with zero attached hydrogens (tertiary/aromatic N) is 3. The maximum Gasteiger partial charge on any atom is 0.147 e. The number of fused-ring (bicyclic) bond motifs is 1. The van der Waals surface area contributed by atoms with Crippen LogP contribution in [0.2, 0.25) is 5.02 Å². The molecule has 22 heavy (non-hydrogen) atoms.